The highest BCUT2D eigenvalue weighted by Gasteiger charge is 2.40. The lowest BCUT2D eigenvalue weighted by Gasteiger charge is -2.40. The fourth-order valence-electron chi connectivity index (χ4n) is 3.30. The highest BCUT2D eigenvalue weighted by Crippen LogP contribution is 2.36. The van der Waals surface area contributed by atoms with E-state index in [1.807, 2.05) is 13.8 Å². The molecule has 27 heavy (non-hydrogen) atoms. The number of benzene rings is 1. The molecule has 0 bridgehead atoms. The molecule has 0 saturated carbocycles. The third-order valence-corrected chi connectivity index (χ3v) is 4.70. The summed E-state index contributed by atoms with van der Waals surface area (Å²) in [5.74, 6) is 0.0838. The van der Waals surface area contributed by atoms with Crippen molar-refractivity contribution in [2.24, 2.45) is 22.4 Å². The van der Waals surface area contributed by atoms with Crippen molar-refractivity contribution in [3.63, 3.8) is 0 Å². The van der Waals surface area contributed by atoms with Gasteiger partial charge in [0.2, 0.25) is 0 Å². The maximum Gasteiger partial charge on any atom is 0.573 e. The number of hydrogen-bond acceptors (Lipinski definition) is 6. The number of alkyl halides is 3. The largest absolute Gasteiger partial charge is 0.573 e. The first-order valence-electron chi connectivity index (χ1n) is 8.62. The third-order valence-electron chi connectivity index (χ3n) is 4.70. The lowest BCUT2D eigenvalue weighted by molar-refractivity contribution is -0.274. The van der Waals surface area contributed by atoms with Crippen molar-refractivity contribution in [2.75, 3.05) is 7.11 Å². The van der Waals surface area contributed by atoms with Crippen molar-refractivity contribution in [1.29, 1.82) is 0 Å². The number of allylic oxidation sites excluding steroid dienone is 1. The highest BCUT2D eigenvalue weighted by atomic mass is 19.4. The first-order valence-corrected chi connectivity index (χ1v) is 8.62. The Bertz CT molecular complexity index is 757. The van der Waals surface area contributed by atoms with E-state index in [0.717, 1.165) is 18.9 Å². The van der Waals surface area contributed by atoms with Gasteiger partial charge in [-0.3, -0.25) is 0 Å². The number of rotatable bonds is 6. The monoisotopic (exact) mass is 386 g/mol. The molecule has 2 rings (SSSR count). The van der Waals surface area contributed by atoms with Crippen LogP contribution in [0.4, 0.5) is 13.2 Å². The molecule has 0 aliphatic carbocycles. The van der Waals surface area contributed by atoms with Crippen molar-refractivity contribution in [3.8, 4) is 11.5 Å². The molecule has 0 amide bonds. The molecule has 0 aromatic heterocycles. The van der Waals surface area contributed by atoms with E-state index in [4.69, 9.17) is 16.2 Å². The first kappa shape index (κ1) is 20.9. The van der Waals surface area contributed by atoms with Crippen LogP contribution in [-0.4, -0.2) is 25.0 Å². The van der Waals surface area contributed by atoms with E-state index in [2.05, 4.69) is 15.0 Å². The van der Waals surface area contributed by atoms with Crippen molar-refractivity contribution in [2.45, 2.75) is 45.6 Å². The quantitative estimate of drug-likeness (QED) is 0.697. The van der Waals surface area contributed by atoms with E-state index in [1.165, 1.54) is 19.2 Å². The second-order valence-electron chi connectivity index (χ2n) is 6.39. The summed E-state index contributed by atoms with van der Waals surface area (Å²) in [5, 5.41) is 3.23. The first-order chi connectivity index (χ1) is 12.6. The molecule has 0 saturated heterocycles. The molecule has 150 valence electrons. The fourth-order valence-corrected chi connectivity index (χ4v) is 3.30. The number of halogens is 3. The topological polar surface area (TPSA) is 94.9 Å². The summed E-state index contributed by atoms with van der Waals surface area (Å²) < 4.78 is 46.5. The fraction of sp³-hybridized carbons (Fsp3) is 0.500. The van der Waals surface area contributed by atoms with Crippen LogP contribution in [0, 0.1) is 5.92 Å². The summed E-state index contributed by atoms with van der Waals surface area (Å²) in [6.45, 7) is 5.83. The van der Waals surface area contributed by atoms with E-state index in [-0.39, 0.29) is 23.3 Å². The molecule has 1 heterocycles. The molecule has 1 atom stereocenters. The number of nitrogens with zero attached hydrogens (tertiary/aromatic N) is 1. The number of hydrogen-bond donors (Lipinski definition) is 3. The second kappa shape index (κ2) is 7.67. The average Bonchev–Trinajstić information content (AvgIpc) is 2.58. The Kier molecular flexibility index (Phi) is 5.94. The molecule has 6 nitrogen and oxygen atoms in total. The van der Waals surface area contributed by atoms with Gasteiger partial charge < -0.3 is 26.3 Å². The standard InChI is InChI=1S/C18H25F3N4O2/c1-5-11(6-2)17(23)16(22)24-15(10(3)25-17)13-8-7-12(9-14(13)26-4)27-18(19,20)21/h7-9,11,25H,5-6,23H2,1-4H3,(H2,22,24). The molecular weight excluding hydrogens is 361 g/mol. The van der Waals surface area contributed by atoms with Crippen LogP contribution in [-0.2, 0) is 0 Å². The van der Waals surface area contributed by atoms with Crippen molar-refractivity contribution in [1.82, 2.24) is 5.32 Å². The zero-order chi connectivity index (χ0) is 20.4. The van der Waals surface area contributed by atoms with Gasteiger partial charge in [-0.05, 0) is 31.9 Å². The smallest absolute Gasteiger partial charge is 0.496 e. The Morgan fingerprint density at radius 2 is 1.89 bits per heavy atom. The summed E-state index contributed by atoms with van der Waals surface area (Å²) in [5.41, 5.74) is 13.3. The van der Waals surface area contributed by atoms with E-state index in [1.54, 1.807) is 6.92 Å². The molecule has 0 fully saturated rings. The molecule has 1 aliphatic heterocycles. The third kappa shape index (κ3) is 4.29. The van der Waals surface area contributed by atoms with Crippen molar-refractivity contribution >= 4 is 11.5 Å². The molecular formula is C18H25F3N4O2. The van der Waals surface area contributed by atoms with Gasteiger partial charge in [0.1, 0.15) is 23.0 Å². The van der Waals surface area contributed by atoms with Gasteiger partial charge >= 0.3 is 6.36 Å². The Morgan fingerprint density at radius 1 is 1.26 bits per heavy atom. The number of aliphatic imine (C=N–C) groups is 1. The summed E-state index contributed by atoms with van der Waals surface area (Å²) in [4.78, 5) is 4.46. The van der Waals surface area contributed by atoms with Crippen LogP contribution >= 0.6 is 0 Å². The van der Waals surface area contributed by atoms with Gasteiger partial charge in [0.25, 0.3) is 0 Å². The van der Waals surface area contributed by atoms with Crippen LogP contribution < -0.4 is 26.3 Å². The lowest BCUT2D eigenvalue weighted by atomic mass is 9.85. The highest BCUT2D eigenvalue weighted by molar-refractivity contribution is 5.97. The minimum Gasteiger partial charge on any atom is -0.496 e. The van der Waals surface area contributed by atoms with Gasteiger partial charge in [0.15, 0.2) is 0 Å². The van der Waals surface area contributed by atoms with Crippen LogP contribution in [0.5, 0.6) is 11.5 Å². The predicted molar refractivity (Wildman–Crippen MR) is 98.0 cm³/mol. The second-order valence-corrected chi connectivity index (χ2v) is 6.39. The molecule has 9 heteroatoms. The Hall–Kier alpha value is -2.42. The Balaban J connectivity index is 2.44. The van der Waals surface area contributed by atoms with E-state index < -0.39 is 12.0 Å². The van der Waals surface area contributed by atoms with Gasteiger partial charge in [-0.1, -0.05) is 13.8 Å². The maximum absolute atomic E-state index is 12.4. The van der Waals surface area contributed by atoms with Crippen LogP contribution in [0.2, 0.25) is 0 Å². The molecule has 1 aliphatic rings. The summed E-state index contributed by atoms with van der Waals surface area (Å²) in [7, 11) is 1.35. The number of nitrogens with one attached hydrogen (secondary N) is 1. The predicted octanol–water partition coefficient (Wildman–Crippen LogP) is 3.33. The van der Waals surface area contributed by atoms with Crippen LogP contribution in [0.15, 0.2) is 28.9 Å². The molecule has 1 aromatic rings. The summed E-state index contributed by atoms with van der Waals surface area (Å²) in [6, 6.07) is 3.79. The zero-order valence-electron chi connectivity index (χ0n) is 15.8. The van der Waals surface area contributed by atoms with Gasteiger partial charge in [-0.2, -0.15) is 0 Å². The summed E-state index contributed by atoms with van der Waals surface area (Å²) in [6.07, 6.45) is -3.16. The average molecular weight is 386 g/mol. The zero-order valence-corrected chi connectivity index (χ0v) is 15.8. The molecule has 1 unspecified atom stereocenters. The molecule has 0 spiro atoms. The Labute approximate surface area is 156 Å². The minimum absolute atomic E-state index is 0.0715. The molecule has 0 radical (unpaired) electrons. The van der Waals surface area contributed by atoms with Crippen LogP contribution in [0.25, 0.3) is 5.70 Å². The Morgan fingerprint density at radius 3 is 2.41 bits per heavy atom. The van der Waals surface area contributed by atoms with Crippen molar-refractivity contribution in [3.05, 3.63) is 29.5 Å². The van der Waals surface area contributed by atoms with Gasteiger partial charge in [0, 0.05) is 23.2 Å². The molecule has 1 aromatic carbocycles. The lowest BCUT2D eigenvalue weighted by Crippen LogP contribution is -2.67. The number of nitrogens with two attached hydrogens (primary N) is 2. The van der Waals surface area contributed by atoms with Gasteiger partial charge in [-0.15, -0.1) is 13.2 Å². The van der Waals surface area contributed by atoms with E-state index in [0.29, 0.717) is 17.0 Å². The van der Waals surface area contributed by atoms with Crippen LogP contribution in [0.3, 0.4) is 0 Å². The van der Waals surface area contributed by atoms with Gasteiger partial charge in [-0.25, -0.2) is 4.99 Å². The molecule has 5 N–H and O–H groups in total. The number of ether oxygens (including phenoxy) is 2. The number of amidine groups is 1. The summed E-state index contributed by atoms with van der Waals surface area (Å²) >= 11 is 0. The number of methoxy groups -OCH3 is 1. The maximum atomic E-state index is 12.4. The van der Waals surface area contributed by atoms with E-state index >= 15 is 0 Å². The van der Waals surface area contributed by atoms with Crippen LogP contribution in [0.1, 0.15) is 39.2 Å². The van der Waals surface area contributed by atoms with Crippen molar-refractivity contribution < 1.29 is 22.6 Å². The normalized spacial score (nSPS) is 20.4. The minimum atomic E-state index is -4.79. The van der Waals surface area contributed by atoms with E-state index in [9.17, 15) is 13.2 Å². The SMILES string of the molecule is CCC(CC)C1(N)NC(C)=C(c2ccc(OC(F)(F)F)cc2OC)N=C1N. The van der Waals surface area contributed by atoms with Gasteiger partial charge in [0.05, 0.1) is 12.8 Å².